The lowest BCUT2D eigenvalue weighted by Gasteiger charge is -2.38. The molecule has 1 fully saturated rings. The Hall–Kier alpha value is -3.85. The zero-order valence-electron chi connectivity index (χ0n) is 18.7. The summed E-state index contributed by atoms with van der Waals surface area (Å²) in [6, 6.07) is 14.1. The van der Waals surface area contributed by atoms with Crippen LogP contribution in [0.15, 0.2) is 65.8 Å². The average Bonchev–Trinajstić information content (AvgIpc) is 3.28. The molecule has 0 bridgehead atoms. The summed E-state index contributed by atoms with van der Waals surface area (Å²) in [5, 5.41) is 15.8. The van der Waals surface area contributed by atoms with Gasteiger partial charge in [-0.15, -0.1) is 0 Å². The quantitative estimate of drug-likeness (QED) is 0.505. The summed E-state index contributed by atoms with van der Waals surface area (Å²) in [4.78, 5) is 31.8. The Morgan fingerprint density at radius 2 is 1.85 bits per heavy atom. The van der Waals surface area contributed by atoms with Gasteiger partial charge in [-0.1, -0.05) is 30.3 Å². The molecule has 2 aromatic heterocycles. The first-order chi connectivity index (χ1) is 16.4. The van der Waals surface area contributed by atoms with Crippen molar-refractivity contribution in [1.82, 2.24) is 24.2 Å². The molecule has 0 radical (unpaired) electrons. The number of likely N-dealkylation sites (tertiary alicyclic amines) is 1. The molecule has 1 aliphatic heterocycles. The summed E-state index contributed by atoms with van der Waals surface area (Å²) in [6.07, 6.45) is 3.43. The smallest absolute Gasteiger partial charge is 0.264 e. The van der Waals surface area contributed by atoms with Gasteiger partial charge in [0.1, 0.15) is 17.5 Å². The summed E-state index contributed by atoms with van der Waals surface area (Å²) < 4.78 is 17.4. The fraction of sp³-hybridized carbons (Fsp3) is 0.280. The highest BCUT2D eigenvalue weighted by atomic mass is 19.1. The second-order valence-electron chi connectivity index (χ2n) is 8.76. The van der Waals surface area contributed by atoms with Crippen LogP contribution in [0.25, 0.3) is 16.7 Å². The SMILES string of the molecule is Cc1cccc(C(=O)N2CCC(O)(Cn3cnc4c(cnn4-c4ccccc4)c3=O)CC2)c1F. The van der Waals surface area contributed by atoms with Gasteiger partial charge >= 0.3 is 0 Å². The van der Waals surface area contributed by atoms with Crippen LogP contribution < -0.4 is 5.56 Å². The van der Waals surface area contributed by atoms with Gasteiger partial charge in [0.25, 0.3) is 11.5 Å². The number of rotatable bonds is 4. The fourth-order valence-electron chi connectivity index (χ4n) is 4.40. The Morgan fingerprint density at radius 3 is 2.59 bits per heavy atom. The van der Waals surface area contributed by atoms with Gasteiger partial charge in [0.2, 0.25) is 0 Å². The van der Waals surface area contributed by atoms with Crippen molar-refractivity contribution >= 4 is 16.9 Å². The molecule has 1 amide bonds. The first-order valence-corrected chi connectivity index (χ1v) is 11.1. The van der Waals surface area contributed by atoms with Crippen LogP contribution in [0.1, 0.15) is 28.8 Å². The Morgan fingerprint density at radius 1 is 1.12 bits per heavy atom. The zero-order chi connectivity index (χ0) is 23.9. The van der Waals surface area contributed by atoms with Crippen molar-refractivity contribution in [3.8, 4) is 5.69 Å². The molecule has 5 rings (SSSR count). The first kappa shape index (κ1) is 22.0. The molecule has 174 valence electrons. The first-order valence-electron chi connectivity index (χ1n) is 11.1. The third kappa shape index (κ3) is 3.88. The van der Waals surface area contributed by atoms with Crippen LogP contribution in [0.4, 0.5) is 4.39 Å². The van der Waals surface area contributed by atoms with E-state index in [-0.39, 0.29) is 43.6 Å². The highest BCUT2D eigenvalue weighted by Crippen LogP contribution is 2.26. The average molecular weight is 461 g/mol. The third-order valence-electron chi connectivity index (χ3n) is 6.42. The van der Waals surface area contributed by atoms with E-state index in [0.717, 1.165) is 5.69 Å². The van der Waals surface area contributed by atoms with Gasteiger partial charge in [0.15, 0.2) is 5.65 Å². The number of benzene rings is 2. The summed E-state index contributed by atoms with van der Waals surface area (Å²) in [6.45, 7) is 2.19. The van der Waals surface area contributed by atoms with Crippen LogP contribution in [-0.4, -0.2) is 53.9 Å². The molecule has 34 heavy (non-hydrogen) atoms. The number of para-hydroxylation sites is 1. The van der Waals surface area contributed by atoms with Crippen LogP contribution in [0, 0.1) is 12.7 Å². The van der Waals surface area contributed by atoms with E-state index in [1.807, 2.05) is 30.3 Å². The molecule has 2 aromatic carbocycles. The minimum Gasteiger partial charge on any atom is -0.388 e. The van der Waals surface area contributed by atoms with Crippen molar-refractivity contribution in [2.75, 3.05) is 13.1 Å². The Labute approximate surface area is 194 Å². The number of fused-ring (bicyclic) bond motifs is 1. The van der Waals surface area contributed by atoms with Gasteiger partial charge < -0.3 is 10.0 Å². The molecule has 8 nitrogen and oxygen atoms in total. The van der Waals surface area contributed by atoms with Crippen molar-refractivity contribution in [2.24, 2.45) is 0 Å². The van der Waals surface area contributed by atoms with Crippen molar-refractivity contribution in [3.63, 3.8) is 0 Å². The molecule has 0 aliphatic carbocycles. The Balaban J connectivity index is 1.33. The number of aliphatic hydroxyl groups is 1. The molecular weight excluding hydrogens is 437 g/mol. The van der Waals surface area contributed by atoms with Gasteiger partial charge in [-0.2, -0.15) is 5.10 Å². The number of hydrogen-bond acceptors (Lipinski definition) is 5. The number of nitrogens with zero attached hydrogens (tertiary/aromatic N) is 5. The number of aryl methyl sites for hydroxylation is 1. The molecule has 4 aromatic rings. The van der Waals surface area contributed by atoms with Crippen LogP contribution in [0.3, 0.4) is 0 Å². The Kier molecular flexibility index (Phi) is 5.49. The maximum absolute atomic E-state index is 14.4. The number of piperidine rings is 1. The fourth-order valence-corrected chi connectivity index (χ4v) is 4.40. The van der Waals surface area contributed by atoms with Gasteiger partial charge in [0.05, 0.1) is 29.6 Å². The molecule has 0 atom stereocenters. The standard InChI is InChI=1S/C25H24FN5O3/c1-17-6-5-9-19(21(17)26)23(32)29-12-10-25(34,11-13-29)15-30-16-27-22-20(24(30)33)14-28-31(22)18-7-3-2-4-8-18/h2-9,14,16,34H,10-13,15H2,1H3. The van der Waals surface area contributed by atoms with Crippen LogP contribution in [0.5, 0.6) is 0 Å². The third-order valence-corrected chi connectivity index (χ3v) is 6.42. The van der Waals surface area contributed by atoms with Gasteiger partial charge in [-0.3, -0.25) is 14.2 Å². The largest absolute Gasteiger partial charge is 0.388 e. The Bertz CT molecular complexity index is 1420. The summed E-state index contributed by atoms with van der Waals surface area (Å²) >= 11 is 0. The summed E-state index contributed by atoms with van der Waals surface area (Å²) in [7, 11) is 0. The molecule has 1 saturated heterocycles. The van der Waals surface area contributed by atoms with Gasteiger partial charge in [-0.25, -0.2) is 14.1 Å². The number of hydrogen-bond donors (Lipinski definition) is 1. The van der Waals surface area contributed by atoms with E-state index in [1.165, 1.54) is 23.2 Å². The highest BCUT2D eigenvalue weighted by molar-refractivity contribution is 5.94. The molecule has 9 heteroatoms. The van der Waals surface area contributed by atoms with Crippen LogP contribution >= 0.6 is 0 Å². The lowest BCUT2D eigenvalue weighted by molar-refractivity contribution is -0.0300. The van der Waals surface area contributed by atoms with Crippen molar-refractivity contribution in [1.29, 1.82) is 0 Å². The predicted molar refractivity (Wildman–Crippen MR) is 124 cm³/mol. The molecule has 1 N–H and O–H groups in total. The van der Waals surface area contributed by atoms with E-state index in [4.69, 9.17) is 0 Å². The number of carbonyl (C=O) groups excluding carboxylic acids is 1. The number of amides is 1. The topological polar surface area (TPSA) is 93.2 Å². The van der Waals surface area contributed by atoms with E-state index in [2.05, 4.69) is 10.1 Å². The second-order valence-corrected chi connectivity index (χ2v) is 8.76. The van der Waals surface area contributed by atoms with Crippen LogP contribution in [0.2, 0.25) is 0 Å². The van der Waals surface area contributed by atoms with E-state index >= 15 is 0 Å². The number of aromatic nitrogens is 4. The van der Waals surface area contributed by atoms with Crippen LogP contribution in [-0.2, 0) is 6.54 Å². The molecule has 3 heterocycles. The lowest BCUT2D eigenvalue weighted by Crippen LogP contribution is -2.49. The number of carbonyl (C=O) groups is 1. The maximum atomic E-state index is 14.4. The molecule has 1 aliphatic rings. The lowest BCUT2D eigenvalue weighted by atomic mass is 9.90. The highest BCUT2D eigenvalue weighted by Gasteiger charge is 2.35. The van der Waals surface area contributed by atoms with Crippen molar-refractivity contribution in [2.45, 2.75) is 31.9 Å². The normalized spacial score (nSPS) is 15.6. The molecule has 0 saturated carbocycles. The molecule has 0 unspecified atom stereocenters. The predicted octanol–water partition coefficient (Wildman–Crippen LogP) is 2.70. The molecular formula is C25H24FN5O3. The maximum Gasteiger partial charge on any atom is 0.264 e. The monoisotopic (exact) mass is 461 g/mol. The second kappa shape index (κ2) is 8.49. The van der Waals surface area contributed by atoms with E-state index < -0.39 is 17.3 Å². The van der Waals surface area contributed by atoms with E-state index in [0.29, 0.717) is 16.6 Å². The van der Waals surface area contributed by atoms with E-state index in [1.54, 1.807) is 28.6 Å². The summed E-state index contributed by atoms with van der Waals surface area (Å²) in [5.74, 6) is -0.910. The van der Waals surface area contributed by atoms with Crippen molar-refractivity contribution < 1.29 is 14.3 Å². The van der Waals surface area contributed by atoms with Gasteiger partial charge in [0, 0.05) is 13.1 Å². The zero-order valence-corrected chi connectivity index (χ0v) is 18.7. The number of halogens is 1. The van der Waals surface area contributed by atoms with Gasteiger partial charge in [-0.05, 0) is 43.5 Å². The molecule has 0 spiro atoms. The minimum atomic E-state index is -1.18. The summed E-state index contributed by atoms with van der Waals surface area (Å²) in [5.41, 5.74) is 0.212. The van der Waals surface area contributed by atoms with E-state index in [9.17, 15) is 19.1 Å². The van der Waals surface area contributed by atoms with Crippen molar-refractivity contribution in [3.05, 3.63) is 88.4 Å². The minimum absolute atomic E-state index is 0.0340.